The van der Waals surface area contributed by atoms with Gasteiger partial charge in [0.05, 0.1) is 12.5 Å². The molecule has 2 heterocycles. The van der Waals surface area contributed by atoms with Crippen LogP contribution in [0.2, 0.25) is 5.02 Å². The number of hydrogen-bond donors (Lipinski definition) is 0. The van der Waals surface area contributed by atoms with Crippen molar-refractivity contribution < 1.29 is 19.1 Å². The van der Waals surface area contributed by atoms with Crippen LogP contribution in [0.5, 0.6) is 5.75 Å². The van der Waals surface area contributed by atoms with Crippen LogP contribution in [0.25, 0.3) is 0 Å². The quantitative estimate of drug-likeness (QED) is 0.592. The van der Waals surface area contributed by atoms with E-state index in [0.717, 1.165) is 18.5 Å². The van der Waals surface area contributed by atoms with Crippen LogP contribution in [0.3, 0.4) is 0 Å². The molecule has 3 amide bonds. The minimum Gasteiger partial charge on any atom is -0.497 e. The number of anilines is 1. The molecule has 2 aliphatic heterocycles. The average molecular weight is 482 g/mol. The predicted octanol–water partition coefficient (Wildman–Crippen LogP) is 3.25. The van der Waals surface area contributed by atoms with Crippen LogP contribution in [0, 0.1) is 0 Å². The van der Waals surface area contributed by atoms with Gasteiger partial charge in [-0.05, 0) is 54.8 Å². The van der Waals surface area contributed by atoms with Crippen LogP contribution >= 0.6 is 11.6 Å². The summed E-state index contributed by atoms with van der Waals surface area (Å²) < 4.78 is 5.26. The first-order valence-electron chi connectivity index (χ1n) is 11.7. The summed E-state index contributed by atoms with van der Waals surface area (Å²) >= 11 is 6.00. The van der Waals surface area contributed by atoms with Crippen LogP contribution in [0.1, 0.15) is 31.2 Å². The zero-order chi connectivity index (χ0) is 23.9. The number of imide groups is 1. The van der Waals surface area contributed by atoms with Crippen molar-refractivity contribution in [2.75, 3.05) is 38.2 Å². The third-order valence-electron chi connectivity index (χ3n) is 7.18. The van der Waals surface area contributed by atoms with Crippen molar-refractivity contribution in [1.82, 2.24) is 9.80 Å². The van der Waals surface area contributed by atoms with E-state index in [2.05, 4.69) is 4.90 Å². The second-order valence-electron chi connectivity index (χ2n) is 9.31. The molecule has 0 unspecified atom stereocenters. The van der Waals surface area contributed by atoms with E-state index in [1.165, 1.54) is 4.90 Å². The molecule has 3 aliphatic rings. The minimum atomic E-state index is -1.16. The van der Waals surface area contributed by atoms with Gasteiger partial charge in [-0.25, -0.2) is 0 Å². The lowest BCUT2D eigenvalue weighted by atomic mass is 9.75. The average Bonchev–Trinajstić information content (AvgIpc) is 3.65. The number of hydrogen-bond acceptors (Lipinski definition) is 5. The first-order chi connectivity index (χ1) is 16.4. The van der Waals surface area contributed by atoms with Crippen molar-refractivity contribution in [2.45, 2.75) is 37.1 Å². The molecule has 1 aliphatic carbocycles. The van der Waals surface area contributed by atoms with Crippen molar-refractivity contribution >= 4 is 35.0 Å². The number of carbonyl (C=O) groups is 3. The van der Waals surface area contributed by atoms with Gasteiger partial charge in [-0.3, -0.25) is 19.3 Å². The van der Waals surface area contributed by atoms with Gasteiger partial charge in [0.15, 0.2) is 0 Å². The van der Waals surface area contributed by atoms with Gasteiger partial charge in [0, 0.05) is 55.8 Å². The number of methoxy groups -OCH3 is 1. The largest absolute Gasteiger partial charge is 0.497 e. The van der Waals surface area contributed by atoms with E-state index in [4.69, 9.17) is 16.3 Å². The van der Waals surface area contributed by atoms with Gasteiger partial charge in [0.25, 0.3) is 0 Å². The Morgan fingerprint density at radius 2 is 1.65 bits per heavy atom. The molecule has 3 fully saturated rings. The summed E-state index contributed by atoms with van der Waals surface area (Å²) in [4.78, 5) is 45.5. The molecule has 178 valence electrons. The molecular formula is C26H28ClN3O4. The second-order valence-corrected chi connectivity index (χ2v) is 9.74. The number of piperazine rings is 1. The Balaban J connectivity index is 1.34. The van der Waals surface area contributed by atoms with Crippen molar-refractivity contribution in [3.8, 4) is 5.75 Å². The van der Waals surface area contributed by atoms with Crippen LogP contribution in [-0.2, 0) is 19.8 Å². The molecule has 2 aromatic rings. The van der Waals surface area contributed by atoms with Crippen LogP contribution in [-0.4, -0.2) is 66.9 Å². The summed E-state index contributed by atoms with van der Waals surface area (Å²) in [5.41, 5.74) is 0.613. The number of amides is 3. The Labute approximate surface area is 204 Å². The van der Waals surface area contributed by atoms with E-state index >= 15 is 0 Å². The summed E-state index contributed by atoms with van der Waals surface area (Å²) in [6, 6.07) is 14.9. The molecule has 7 nitrogen and oxygen atoms in total. The Bertz CT molecular complexity index is 1090. The van der Waals surface area contributed by atoms with Crippen molar-refractivity contribution in [1.29, 1.82) is 0 Å². The molecule has 8 heteroatoms. The normalized spacial score (nSPS) is 22.9. The molecule has 0 N–H and O–H groups in total. The number of carbonyl (C=O) groups excluding carboxylic acids is 3. The molecule has 34 heavy (non-hydrogen) atoms. The smallest absolute Gasteiger partial charge is 0.241 e. The molecule has 0 aromatic heterocycles. The minimum absolute atomic E-state index is 0.00589. The van der Waals surface area contributed by atoms with Gasteiger partial charge in [-0.1, -0.05) is 23.7 Å². The van der Waals surface area contributed by atoms with Gasteiger partial charge in [0.1, 0.15) is 5.75 Å². The summed E-state index contributed by atoms with van der Waals surface area (Å²) in [7, 11) is 1.58. The van der Waals surface area contributed by atoms with Gasteiger partial charge in [-0.15, -0.1) is 0 Å². The predicted molar refractivity (Wildman–Crippen MR) is 129 cm³/mol. The Kier molecular flexibility index (Phi) is 5.98. The molecule has 5 rings (SSSR count). The molecule has 1 atom stereocenters. The van der Waals surface area contributed by atoms with Crippen molar-refractivity contribution in [3.63, 3.8) is 0 Å². The highest BCUT2D eigenvalue weighted by Gasteiger charge is 2.57. The number of likely N-dealkylation sites (tertiary alicyclic amines) is 1. The molecule has 2 saturated heterocycles. The monoisotopic (exact) mass is 481 g/mol. The maximum absolute atomic E-state index is 13.6. The van der Waals surface area contributed by atoms with E-state index in [0.29, 0.717) is 42.5 Å². The van der Waals surface area contributed by atoms with Gasteiger partial charge in [0.2, 0.25) is 17.7 Å². The van der Waals surface area contributed by atoms with E-state index in [1.54, 1.807) is 19.2 Å². The number of ether oxygens (including phenoxy) is 1. The fraction of sp³-hybridized carbons (Fsp3) is 0.423. The van der Waals surface area contributed by atoms with Gasteiger partial charge in [-0.2, -0.15) is 0 Å². The molecule has 0 bridgehead atoms. The maximum Gasteiger partial charge on any atom is 0.241 e. The van der Waals surface area contributed by atoms with Crippen LogP contribution in [0.15, 0.2) is 48.5 Å². The third-order valence-corrected chi connectivity index (χ3v) is 7.43. The molecule has 0 spiro atoms. The number of rotatable bonds is 6. The zero-order valence-electron chi connectivity index (χ0n) is 19.2. The Hall–Kier alpha value is -3.06. The number of benzene rings is 2. The maximum atomic E-state index is 13.6. The van der Waals surface area contributed by atoms with E-state index < -0.39 is 5.41 Å². The topological polar surface area (TPSA) is 70.2 Å². The highest BCUT2D eigenvalue weighted by molar-refractivity contribution is 6.30. The first-order valence-corrected chi connectivity index (χ1v) is 12.1. The SMILES string of the molecule is COc1ccc([C@]2(CC(=O)N3CCN(c4ccc(Cl)cc4)CC3)CC(=O)N(C3CC3)C2=O)cc1. The molecule has 1 saturated carbocycles. The zero-order valence-corrected chi connectivity index (χ0v) is 20.0. The summed E-state index contributed by atoms with van der Waals surface area (Å²) in [5.74, 6) is 0.159. The van der Waals surface area contributed by atoms with Crippen molar-refractivity contribution in [3.05, 3.63) is 59.1 Å². The lowest BCUT2D eigenvalue weighted by Gasteiger charge is -2.37. The Morgan fingerprint density at radius 1 is 1.00 bits per heavy atom. The Morgan fingerprint density at radius 3 is 2.24 bits per heavy atom. The van der Waals surface area contributed by atoms with Gasteiger partial charge < -0.3 is 14.5 Å². The van der Waals surface area contributed by atoms with E-state index in [-0.39, 0.29) is 36.6 Å². The summed E-state index contributed by atoms with van der Waals surface area (Å²) in [5, 5.41) is 0.692. The second kappa shape index (κ2) is 8.95. The van der Waals surface area contributed by atoms with Gasteiger partial charge >= 0.3 is 0 Å². The fourth-order valence-corrected chi connectivity index (χ4v) is 5.20. The van der Waals surface area contributed by atoms with E-state index in [9.17, 15) is 14.4 Å². The van der Waals surface area contributed by atoms with Crippen LogP contribution in [0.4, 0.5) is 5.69 Å². The van der Waals surface area contributed by atoms with Crippen molar-refractivity contribution in [2.24, 2.45) is 0 Å². The third kappa shape index (κ3) is 4.13. The summed E-state index contributed by atoms with van der Waals surface area (Å²) in [6.45, 7) is 2.53. The van der Waals surface area contributed by atoms with E-state index in [1.807, 2.05) is 41.3 Å². The number of halogens is 1. The lowest BCUT2D eigenvalue weighted by molar-refractivity contribution is -0.143. The fourth-order valence-electron chi connectivity index (χ4n) is 5.08. The molecule has 0 radical (unpaired) electrons. The standard InChI is InChI=1S/C26H28ClN3O4/c1-34-22-10-2-18(3-11-22)26(17-24(32)30(25(26)33)21-8-9-21)16-23(31)29-14-12-28(13-15-29)20-6-4-19(27)5-7-20/h2-7,10-11,21H,8-9,12-17H2,1H3/t26-/m0/s1. The highest BCUT2D eigenvalue weighted by Crippen LogP contribution is 2.44. The highest BCUT2D eigenvalue weighted by atomic mass is 35.5. The molecular weight excluding hydrogens is 454 g/mol. The molecule has 2 aromatic carbocycles. The lowest BCUT2D eigenvalue weighted by Crippen LogP contribution is -2.51. The first kappa shape index (κ1) is 22.7. The number of nitrogens with zero attached hydrogens (tertiary/aromatic N) is 3. The van der Waals surface area contributed by atoms with Crippen LogP contribution < -0.4 is 9.64 Å². The summed E-state index contributed by atoms with van der Waals surface area (Å²) in [6.07, 6.45) is 1.72.